The Labute approximate surface area is 69.1 Å². The van der Waals surface area contributed by atoms with E-state index in [2.05, 4.69) is 5.32 Å². The smallest absolute Gasteiger partial charge is 0.182 e. The Hall–Kier alpha value is -0.120. The Morgan fingerprint density at radius 1 is 1.36 bits per heavy atom. The lowest BCUT2D eigenvalue weighted by Crippen LogP contribution is -2.50. The number of methoxy groups -OCH3 is 2. The molecule has 0 amide bonds. The molecule has 1 unspecified atom stereocenters. The van der Waals surface area contributed by atoms with Gasteiger partial charge in [-0.05, 0) is 14.0 Å². The lowest BCUT2D eigenvalue weighted by molar-refractivity contribution is -0.223. The molecular formula is C8H19NO2. The van der Waals surface area contributed by atoms with Gasteiger partial charge in [0.25, 0.3) is 0 Å². The summed E-state index contributed by atoms with van der Waals surface area (Å²) in [6.07, 6.45) is 0.835. The maximum Gasteiger partial charge on any atom is 0.182 e. The van der Waals surface area contributed by atoms with Crippen molar-refractivity contribution in [3.05, 3.63) is 0 Å². The summed E-state index contributed by atoms with van der Waals surface area (Å²) in [4.78, 5) is 0. The van der Waals surface area contributed by atoms with Gasteiger partial charge in [-0.25, -0.2) is 0 Å². The third kappa shape index (κ3) is 2.15. The highest BCUT2D eigenvalue weighted by Crippen LogP contribution is 2.19. The lowest BCUT2D eigenvalue weighted by atomic mass is 10.1. The van der Waals surface area contributed by atoms with Crippen LogP contribution < -0.4 is 5.32 Å². The van der Waals surface area contributed by atoms with Crippen LogP contribution in [0.25, 0.3) is 0 Å². The van der Waals surface area contributed by atoms with Crippen LogP contribution in [0.4, 0.5) is 0 Å². The molecule has 68 valence electrons. The minimum Gasteiger partial charge on any atom is -0.352 e. The van der Waals surface area contributed by atoms with Gasteiger partial charge in [0.15, 0.2) is 5.79 Å². The molecule has 0 aliphatic rings. The number of nitrogens with one attached hydrogen (secondary N) is 1. The highest BCUT2D eigenvalue weighted by molar-refractivity contribution is 4.78. The summed E-state index contributed by atoms with van der Waals surface area (Å²) in [7, 11) is 5.23. The largest absolute Gasteiger partial charge is 0.352 e. The van der Waals surface area contributed by atoms with Gasteiger partial charge < -0.3 is 14.8 Å². The van der Waals surface area contributed by atoms with Crippen LogP contribution in [0, 0.1) is 0 Å². The van der Waals surface area contributed by atoms with Gasteiger partial charge in [0.05, 0.1) is 6.04 Å². The van der Waals surface area contributed by atoms with Crippen LogP contribution in [0.3, 0.4) is 0 Å². The molecule has 0 spiro atoms. The van der Waals surface area contributed by atoms with E-state index in [4.69, 9.17) is 9.47 Å². The van der Waals surface area contributed by atoms with E-state index in [9.17, 15) is 0 Å². The zero-order chi connectivity index (χ0) is 8.91. The van der Waals surface area contributed by atoms with Crippen molar-refractivity contribution in [1.29, 1.82) is 0 Å². The van der Waals surface area contributed by atoms with Gasteiger partial charge >= 0.3 is 0 Å². The van der Waals surface area contributed by atoms with Crippen LogP contribution in [0.1, 0.15) is 20.3 Å². The van der Waals surface area contributed by atoms with Gasteiger partial charge in [0.1, 0.15) is 0 Å². The van der Waals surface area contributed by atoms with E-state index in [0.717, 1.165) is 6.42 Å². The Morgan fingerprint density at radius 3 is 1.91 bits per heavy atom. The lowest BCUT2D eigenvalue weighted by Gasteiger charge is -2.35. The number of ether oxygens (including phenoxy) is 2. The monoisotopic (exact) mass is 161 g/mol. The summed E-state index contributed by atoms with van der Waals surface area (Å²) in [5, 5.41) is 3.11. The quantitative estimate of drug-likeness (QED) is 0.610. The molecular weight excluding hydrogens is 142 g/mol. The SMILES string of the molecule is CCC(OC)(OC)C(C)NC. The fourth-order valence-corrected chi connectivity index (χ4v) is 1.25. The van der Waals surface area contributed by atoms with E-state index in [1.807, 2.05) is 20.9 Å². The van der Waals surface area contributed by atoms with E-state index in [1.165, 1.54) is 0 Å². The van der Waals surface area contributed by atoms with Crippen LogP contribution >= 0.6 is 0 Å². The summed E-state index contributed by atoms with van der Waals surface area (Å²) < 4.78 is 10.6. The number of hydrogen-bond acceptors (Lipinski definition) is 3. The van der Waals surface area contributed by atoms with Gasteiger partial charge in [-0.3, -0.25) is 0 Å². The van der Waals surface area contributed by atoms with Gasteiger partial charge in [0.2, 0.25) is 0 Å². The summed E-state index contributed by atoms with van der Waals surface area (Å²) in [6.45, 7) is 4.08. The van der Waals surface area contributed by atoms with Gasteiger partial charge in [-0.15, -0.1) is 0 Å². The zero-order valence-electron chi connectivity index (χ0n) is 8.10. The molecule has 0 aromatic rings. The molecule has 0 saturated heterocycles. The molecule has 1 N–H and O–H groups in total. The van der Waals surface area contributed by atoms with Gasteiger partial charge in [0, 0.05) is 20.6 Å². The van der Waals surface area contributed by atoms with Crippen LogP contribution in [0.15, 0.2) is 0 Å². The minimum absolute atomic E-state index is 0.197. The number of rotatable bonds is 5. The predicted molar refractivity (Wildman–Crippen MR) is 45.6 cm³/mol. The standard InChI is InChI=1S/C8H19NO2/c1-6-8(10-4,11-5)7(2)9-3/h7,9H,6H2,1-5H3. The van der Waals surface area contributed by atoms with Crippen molar-refractivity contribution in [3.8, 4) is 0 Å². The minimum atomic E-state index is -0.477. The summed E-state index contributed by atoms with van der Waals surface area (Å²) in [5.74, 6) is -0.477. The van der Waals surface area contributed by atoms with Crippen molar-refractivity contribution in [1.82, 2.24) is 5.32 Å². The molecule has 1 atom stereocenters. The second kappa shape index (κ2) is 4.70. The summed E-state index contributed by atoms with van der Waals surface area (Å²) in [5.41, 5.74) is 0. The van der Waals surface area contributed by atoms with Crippen molar-refractivity contribution in [2.24, 2.45) is 0 Å². The van der Waals surface area contributed by atoms with Crippen molar-refractivity contribution < 1.29 is 9.47 Å². The first-order valence-corrected chi connectivity index (χ1v) is 3.94. The highest BCUT2D eigenvalue weighted by Gasteiger charge is 2.33. The molecule has 0 heterocycles. The molecule has 0 aliphatic carbocycles. The van der Waals surface area contributed by atoms with E-state index in [1.54, 1.807) is 14.2 Å². The molecule has 0 aromatic carbocycles. The van der Waals surface area contributed by atoms with E-state index in [-0.39, 0.29) is 6.04 Å². The van der Waals surface area contributed by atoms with Crippen molar-refractivity contribution in [3.63, 3.8) is 0 Å². The molecule has 0 radical (unpaired) electrons. The zero-order valence-corrected chi connectivity index (χ0v) is 8.10. The average Bonchev–Trinajstić information content (AvgIpc) is 2.08. The molecule has 0 bridgehead atoms. The van der Waals surface area contributed by atoms with Crippen molar-refractivity contribution in [2.45, 2.75) is 32.1 Å². The molecule has 3 heteroatoms. The maximum absolute atomic E-state index is 5.30. The summed E-state index contributed by atoms with van der Waals surface area (Å²) >= 11 is 0. The number of hydrogen-bond donors (Lipinski definition) is 1. The third-order valence-corrected chi connectivity index (χ3v) is 2.28. The van der Waals surface area contributed by atoms with E-state index >= 15 is 0 Å². The van der Waals surface area contributed by atoms with E-state index < -0.39 is 5.79 Å². The molecule has 0 saturated carbocycles. The van der Waals surface area contributed by atoms with E-state index in [0.29, 0.717) is 0 Å². The average molecular weight is 161 g/mol. The van der Waals surface area contributed by atoms with Crippen molar-refractivity contribution in [2.75, 3.05) is 21.3 Å². The predicted octanol–water partition coefficient (Wildman–Crippen LogP) is 0.993. The molecule has 0 aliphatic heterocycles. The number of likely N-dealkylation sites (N-methyl/N-ethyl adjacent to an activating group) is 1. The summed E-state index contributed by atoms with van der Waals surface area (Å²) in [6, 6.07) is 0.197. The highest BCUT2D eigenvalue weighted by atomic mass is 16.7. The Balaban J connectivity index is 4.26. The molecule has 11 heavy (non-hydrogen) atoms. The fraction of sp³-hybridized carbons (Fsp3) is 1.00. The van der Waals surface area contributed by atoms with Crippen LogP contribution in [-0.2, 0) is 9.47 Å². The van der Waals surface area contributed by atoms with Gasteiger partial charge in [-0.2, -0.15) is 0 Å². The second-order valence-corrected chi connectivity index (χ2v) is 2.58. The normalized spacial score (nSPS) is 15.0. The molecule has 0 rings (SSSR count). The molecule has 0 fully saturated rings. The first kappa shape index (κ1) is 10.9. The topological polar surface area (TPSA) is 30.5 Å². The fourth-order valence-electron chi connectivity index (χ4n) is 1.25. The maximum atomic E-state index is 5.30. The Bertz CT molecular complexity index is 94.0. The van der Waals surface area contributed by atoms with Crippen LogP contribution in [0.2, 0.25) is 0 Å². The van der Waals surface area contributed by atoms with Crippen LogP contribution in [-0.4, -0.2) is 33.1 Å². The van der Waals surface area contributed by atoms with Crippen molar-refractivity contribution >= 4 is 0 Å². The first-order valence-electron chi connectivity index (χ1n) is 3.94. The first-order chi connectivity index (χ1) is 5.16. The molecule has 0 aromatic heterocycles. The Kier molecular flexibility index (Phi) is 4.65. The third-order valence-electron chi connectivity index (χ3n) is 2.28. The second-order valence-electron chi connectivity index (χ2n) is 2.58. The van der Waals surface area contributed by atoms with Gasteiger partial charge in [-0.1, -0.05) is 6.92 Å². The molecule has 3 nitrogen and oxygen atoms in total. The van der Waals surface area contributed by atoms with Crippen LogP contribution in [0.5, 0.6) is 0 Å². The Morgan fingerprint density at radius 2 is 1.82 bits per heavy atom.